The summed E-state index contributed by atoms with van der Waals surface area (Å²) in [6.45, 7) is 7.23. The van der Waals surface area contributed by atoms with E-state index in [-0.39, 0.29) is 11.6 Å². The van der Waals surface area contributed by atoms with Gasteiger partial charge < -0.3 is 0 Å². The number of carbonyl (C=O) groups is 2. The molecule has 1 heterocycles. The third-order valence-electron chi connectivity index (χ3n) is 4.43. The molecule has 0 fully saturated rings. The van der Waals surface area contributed by atoms with E-state index in [9.17, 15) is 9.59 Å². The Morgan fingerprint density at radius 3 is 1.96 bits per heavy atom. The molecular formula is C20H20Br2O2S2. The summed E-state index contributed by atoms with van der Waals surface area (Å²) in [6.07, 6.45) is 4.19. The minimum Gasteiger partial charge on any atom is -0.297 e. The largest absolute Gasteiger partial charge is 0.297 e. The average molecular weight is 516 g/mol. The minimum atomic E-state index is -1.17. The molecule has 0 saturated heterocycles. The van der Waals surface area contributed by atoms with Crippen molar-refractivity contribution in [1.29, 1.82) is 0 Å². The van der Waals surface area contributed by atoms with Crippen molar-refractivity contribution in [2.75, 3.05) is 0 Å². The molecule has 2 aliphatic rings. The molecule has 1 aliphatic heterocycles. The van der Waals surface area contributed by atoms with Gasteiger partial charge in [0.15, 0.2) is 11.6 Å². The van der Waals surface area contributed by atoms with Crippen LogP contribution in [0.2, 0.25) is 0 Å². The zero-order valence-corrected chi connectivity index (χ0v) is 19.9. The number of ketones is 2. The van der Waals surface area contributed by atoms with E-state index in [0.29, 0.717) is 6.42 Å². The topological polar surface area (TPSA) is 34.1 Å². The van der Waals surface area contributed by atoms with Gasteiger partial charge in [-0.05, 0) is 45.9 Å². The maximum atomic E-state index is 13.4. The molecule has 1 aromatic rings. The van der Waals surface area contributed by atoms with Gasteiger partial charge in [-0.3, -0.25) is 9.59 Å². The van der Waals surface area contributed by atoms with Crippen LogP contribution in [-0.2, 0) is 9.59 Å². The molecule has 0 N–H and O–H groups in total. The van der Waals surface area contributed by atoms with Gasteiger partial charge in [0.25, 0.3) is 0 Å². The van der Waals surface area contributed by atoms with Crippen LogP contribution in [0.3, 0.4) is 0 Å². The average Bonchev–Trinajstić information content (AvgIpc) is 2.56. The van der Waals surface area contributed by atoms with Crippen molar-refractivity contribution in [2.24, 2.45) is 5.41 Å². The predicted octanol–water partition coefficient (Wildman–Crippen LogP) is 6.53. The van der Waals surface area contributed by atoms with E-state index in [1.165, 1.54) is 9.79 Å². The molecule has 1 aromatic carbocycles. The Morgan fingerprint density at radius 1 is 0.962 bits per heavy atom. The summed E-state index contributed by atoms with van der Waals surface area (Å²) in [6, 6.07) is 8.24. The first-order valence-electron chi connectivity index (χ1n) is 8.30. The highest BCUT2D eigenvalue weighted by molar-refractivity contribution is 9.10. The molecule has 0 spiro atoms. The number of carbonyl (C=O) groups excluding carboxylic acids is 2. The molecule has 138 valence electrons. The minimum absolute atomic E-state index is 0.102. The Bertz CT molecular complexity index is 816. The summed E-state index contributed by atoms with van der Waals surface area (Å²) >= 11 is 10.3. The highest BCUT2D eigenvalue weighted by Gasteiger charge is 2.54. The highest BCUT2D eigenvalue weighted by Crippen LogP contribution is 2.55. The van der Waals surface area contributed by atoms with Crippen LogP contribution in [0, 0.1) is 5.41 Å². The van der Waals surface area contributed by atoms with Crippen molar-refractivity contribution in [2.45, 2.75) is 52.6 Å². The lowest BCUT2D eigenvalue weighted by Gasteiger charge is -2.39. The molecule has 26 heavy (non-hydrogen) atoms. The summed E-state index contributed by atoms with van der Waals surface area (Å²) in [5.74, 6) is -0.204. The van der Waals surface area contributed by atoms with Crippen LogP contribution < -0.4 is 0 Å². The van der Waals surface area contributed by atoms with Gasteiger partial charge >= 0.3 is 0 Å². The lowest BCUT2D eigenvalue weighted by Crippen LogP contribution is -2.51. The molecule has 6 heteroatoms. The Morgan fingerprint density at radius 2 is 1.46 bits per heavy atom. The van der Waals surface area contributed by atoms with E-state index >= 15 is 0 Å². The van der Waals surface area contributed by atoms with Gasteiger partial charge in [-0.25, -0.2) is 0 Å². The van der Waals surface area contributed by atoms with Crippen LogP contribution in [0.4, 0.5) is 0 Å². The van der Waals surface area contributed by atoms with E-state index in [2.05, 4.69) is 44.0 Å². The van der Waals surface area contributed by atoms with E-state index in [1.54, 1.807) is 51.2 Å². The fourth-order valence-corrected chi connectivity index (χ4v) is 6.36. The number of hydrogen-bond donors (Lipinski definition) is 0. The Labute approximate surface area is 179 Å². The number of thioether (sulfide) groups is 2. The van der Waals surface area contributed by atoms with Gasteiger partial charge in [0, 0.05) is 26.0 Å². The molecule has 0 amide bonds. The number of fused-ring (bicyclic) bond motifs is 1. The van der Waals surface area contributed by atoms with Crippen molar-refractivity contribution in [3.8, 4) is 0 Å². The van der Waals surface area contributed by atoms with E-state index in [0.717, 1.165) is 9.81 Å². The van der Waals surface area contributed by atoms with Gasteiger partial charge in [-0.15, -0.1) is 0 Å². The highest BCUT2D eigenvalue weighted by atomic mass is 79.9. The maximum Gasteiger partial charge on any atom is 0.166 e. The summed E-state index contributed by atoms with van der Waals surface area (Å²) in [7, 11) is 0. The summed E-state index contributed by atoms with van der Waals surface area (Å²) in [5.41, 5.74) is -1.17. The second-order valence-corrected chi connectivity index (χ2v) is 13.7. The van der Waals surface area contributed by atoms with Crippen molar-refractivity contribution in [3.05, 3.63) is 46.2 Å². The van der Waals surface area contributed by atoms with Crippen LogP contribution in [0.1, 0.15) is 34.1 Å². The third-order valence-corrected chi connectivity index (χ3v) is 7.77. The van der Waals surface area contributed by atoms with Gasteiger partial charge in [0.2, 0.25) is 0 Å². The first kappa shape index (κ1) is 20.4. The van der Waals surface area contributed by atoms with Crippen LogP contribution in [0.5, 0.6) is 0 Å². The van der Waals surface area contributed by atoms with E-state index in [4.69, 9.17) is 0 Å². The number of halogens is 2. The smallest absolute Gasteiger partial charge is 0.166 e. The SMILES string of the molecule is CC(C)(Br)C(=O)C1(C(=O)C(C)(C)Br)C=CC2=C(C1)Sc1ccccc1S2. The zero-order chi connectivity index (χ0) is 19.3. The molecular weight excluding hydrogens is 496 g/mol. The van der Waals surface area contributed by atoms with E-state index in [1.807, 2.05) is 24.3 Å². The van der Waals surface area contributed by atoms with Gasteiger partial charge in [0.05, 0.1) is 8.65 Å². The summed E-state index contributed by atoms with van der Waals surface area (Å²) < 4.78 is -1.57. The normalized spacial score (nSPS) is 19.0. The van der Waals surface area contributed by atoms with Crippen molar-refractivity contribution in [3.63, 3.8) is 0 Å². The Hall–Kier alpha value is -0.300. The quantitative estimate of drug-likeness (QED) is 0.337. The number of rotatable bonds is 4. The molecule has 2 nitrogen and oxygen atoms in total. The number of allylic oxidation sites excluding steroid dienone is 3. The summed E-state index contributed by atoms with van der Waals surface area (Å²) in [5, 5.41) is 0. The molecule has 3 rings (SSSR count). The molecule has 0 atom stereocenters. The molecule has 0 unspecified atom stereocenters. The number of Topliss-reactive ketones (excluding diaryl/α,β-unsaturated/α-hetero) is 2. The molecule has 0 bridgehead atoms. The molecule has 1 aliphatic carbocycles. The second kappa shape index (κ2) is 6.94. The maximum absolute atomic E-state index is 13.4. The van der Waals surface area contributed by atoms with Crippen LogP contribution >= 0.6 is 55.4 Å². The fraction of sp³-hybridized carbons (Fsp3) is 0.400. The standard InChI is InChI=1S/C20H20Br2O2S2/c1-18(2,21)16(23)20(17(24)19(3,4)22)10-9-14-15(11-20)26-13-8-6-5-7-12(13)25-14/h5-10H,11H2,1-4H3. The molecule has 0 aromatic heterocycles. The lowest BCUT2D eigenvalue weighted by atomic mass is 9.68. The number of benzene rings is 1. The first-order valence-corrected chi connectivity index (χ1v) is 11.5. The first-order chi connectivity index (χ1) is 11.9. The monoisotopic (exact) mass is 514 g/mol. The van der Waals surface area contributed by atoms with Crippen molar-refractivity contribution < 1.29 is 9.59 Å². The number of hydrogen-bond acceptors (Lipinski definition) is 4. The van der Waals surface area contributed by atoms with Crippen LogP contribution in [0.25, 0.3) is 0 Å². The Kier molecular flexibility index (Phi) is 5.46. The molecule has 0 radical (unpaired) electrons. The lowest BCUT2D eigenvalue weighted by molar-refractivity contribution is -0.139. The van der Waals surface area contributed by atoms with Crippen LogP contribution in [-0.4, -0.2) is 20.2 Å². The summed E-state index contributed by atoms with van der Waals surface area (Å²) in [4.78, 5) is 31.4. The van der Waals surface area contributed by atoms with E-state index < -0.39 is 14.1 Å². The van der Waals surface area contributed by atoms with Crippen LogP contribution in [0.15, 0.2) is 56.0 Å². The van der Waals surface area contributed by atoms with Gasteiger partial charge in [0.1, 0.15) is 5.41 Å². The third kappa shape index (κ3) is 3.67. The Balaban J connectivity index is 2.05. The van der Waals surface area contributed by atoms with Crippen molar-refractivity contribution >= 4 is 67.0 Å². The fourth-order valence-electron chi connectivity index (χ4n) is 3.23. The molecule has 0 saturated carbocycles. The number of alkyl halides is 2. The van der Waals surface area contributed by atoms with Gasteiger partial charge in [-0.1, -0.05) is 73.6 Å². The predicted molar refractivity (Wildman–Crippen MR) is 117 cm³/mol. The van der Waals surface area contributed by atoms with Gasteiger partial charge in [-0.2, -0.15) is 0 Å². The van der Waals surface area contributed by atoms with Crippen molar-refractivity contribution in [1.82, 2.24) is 0 Å². The second-order valence-electron chi connectivity index (χ2n) is 7.52. The zero-order valence-electron chi connectivity index (χ0n) is 15.1.